The Morgan fingerprint density at radius 3 is 2.37 bits per heavy atom. The van der Waals surface area contributed by atoms with E-state index in [4.69, 9.17) is 0 Å². The van der Waals surface area contributed by atoms with Crippen molar-refractivity contribution in [2.45, 2.75) is 44.8 Å². The summed E-state index contributed by atoms with van der Waals surface area (Å²) in [7, 11) is 1.94. The highest BCUT2D eigenvalue weighted by atomic mass is 16.2. The molecule has 0 bridgehead atoms. The van der Waals surface area contributed by atoms with E-state index in [-0.39, 0.29) is 18.5 Å². The molecule has 2 saturated heterocycles. The molecule has 0 radical (unpaired) electrons. The summed E-state index contributed by atoms with van der Waals surface area (Å²) in [6.07, 6.45) is 7.47. The normalized spacial score (nSPS) is 18.1. The quantitative estimate of drug-likeness (QED) is 0.494. The molecule has 3 amide bonds. The van der Waals surface area contributed by atoms with Gasteiger partial charge in [-0.1, -0.05) is 36.4 Å². The first kappa shape index (κ1) is 23.2. The van der Waals surface area contributed by atoms with Gasteiger partial charge in [0.05, 0.1) is 12.2 Å². The second kappa shape index (κ2) is 9.62. The smallest absolute Gasteiger partial charge is 0.309 e. The Balaban J connectivity index is 1.35. The monoisotopic (exact) mass is 472 g/mol. The molecule has 0 N–H and O–H groups in total. The molecule has 182 valence electrons. The Kier molecular flexibility index (Phi) is 6.38. The number of nitrogens with zero attached hydrogens (tertiary/aromatic N) is 6. The van der Waals surface area contributed by atoms with Gasteiger partial charge in [-0.05, 0) is 43.4 Å². The predicted octanol–water partition coefficient (Wildman–Crippen LogP) is 3.17. The maximum Gasteiger partial charge on any atom is 0.328 e. The first-order valence-electron chi connectivity index (χ1n) is 12.2. The Morgan fingerprint density at radius 1 is 0.971 bits per heavy atom. The fourth-order valence-electron chi connectivity index (χ4n) is 5.40. The number of piperidine rings is 1. The molecule has 3 aromatic rings. The van der Waals surface area contributed by atoms with Crippen molar-refractivity contribution in [2.24, 2.45) is 7.05 Å². The summed E-state index contributed by atoms with van der Waals surface area (Å²) in [6, 6.07) is 13.7. The molecule has 8 nitrogen and oxygen atoms in total. The van der Waals surface area contributed by atoms with Crippen LogP contribution in [0.3, 0.4) is 0 Å². The molecule has 5 rings (SSSR count). The van der Waals surface area contributed by atoms with Crippen LogP contribution >= 0.6 is 0 Å². The Labute approximate surface area is 206 Å². The predicted molar refractivity (Wildman–Crippen MR) is 132 cm³/mol. The fraction of sp³-hybridized carbons (Fsp3) is 0.407. The van der Waals surface area contributed by atoms with Gasteiger partial charge in [0.25, 0.3) is 5.91 Å². The minimum Gasteiger partial charge on any atom is -0.309 e. The average Bonchev–Trinajstić information content (AvgIpc) is 3.28. The van der Waals surface area contributed by atoms with Crippen molar-refractivity contribution in [3.8, 4) is 0 Å². The van der Waals surface area contributed by atoms with Gasteiger partial charge >= 0.3 is 6.03 Å². The molecule has 0 saturated carbocycles. The summed E-state index contributed by atoms with van der Waals surface area (Å²) in [6.45, 7) is 5.14. The second-order valence-corrected chi connectivity index (χ2v) is 9.64. The number of likely N-dealkylation sites (tertiary alicyclic amines) is 1. The lowest BCUT2D eigenvalue weighted by Crippen LogP contribution is -2.56. The summed E-state index contributed by atoms with van der Waals surface area (Å²) >= 11 is 0. The van der Waals surface area contributed by atoms with E-state index in [1.807, 2.05) is 53.9 Å². The second-order valence-electron chi connectivity index (χ2n) is 9.64. The van der Waals surface area contributed by atoms with Crippen molar-refractivity contribution in [3.63, 3.8) is 0 Å². The number of amides is 3. The zero-order valence-electron chi connectivity index (χ0n) is 20.4. The molecule has 0 unspecified atom stereocenters. The molecule has 35 heavy (non-hydrogen) atoms. The molecule has 0 aliphatic carbocycles. The Hall–Kier alpha value is -3.52. The van der Waals surface area contributed by atoms with E-state index < -0.39 is 5.54 Å². The Bertz CT molecular complexity index is 1180. The van der Waals surface area contributed by atoms with Gasteiger partial charge in [-0.25, -0.2) is 4.79 Å². The van der Waals surface area contributed by atoms with Crippen molar-refractivity contribution in [2.75, 3.05) is 19.6 Å². The number of pyridine rings is 1. The topological polar surface area (TPSA) is 74.6 Å². The number of urea groups is 1. The number of carbonyl (C=O) groups is 2. The number of benzene rings is 1. The summed E-state index contributed by atoms with van der Waals surface area (Å²) < 4.78 is 1.84. The van der Waals surface area contributed by atoms with Crippen LogP contribution in [0, 0.1) is 6.92 Å². The van der Waals surface area contributed by atoms with Crippen LogP contribution in [0.1, 0.15) is 35.2 Å². The zero-order chi connectivity index (χ0) is 24.4. The van der Waals surface area contributed by atoms with Crippen molar-refractivity contribution in [1.29, 1.82) is 0 Å². The fourth-order valence-corrected chi connectivity index (χ4v) is 5.40. The molecule has 2 fully saturated rings. The summed E-state index contributed by atoms with van der Waals surface area (Å²) in [5, 5.41) is 4.46. The first-order chi connectivity index (χ1) is 17.0. The van der Waals surface area contributed by atoms with Crippen LogP contribution in [0.4, 0.5) is 4.79 Å². The molecule has 0 atom stereocenters. The van der Waals surface area contributed by atoms with Gasteiger partial charge in [0.2, 0.25) is 0 Å². The molecule has 1 aromatic carbocycles. The van der Waals surface area contributed by atoms with Gasteiger partial charge in [0.15, 0.2) is 0 Å². The van der Waals surface area contributed by atoms with E-state index in [1.54, 1.807) is 12.4 Å². The van der Waals surface area contributed by atoms with Crippen LogP contribution in [0.5, 0.6) is 0 Å². The lowest BCUT2D eigenvalue weighted by atomic mass is 9.85. The van der Waals surface area contributed by atoms with Crippen LogP contribution in [-0.2, 0) is 31.4 Å². The van der Waals surface area contributed by atoms with E-state index in [0.29, 0.717) is 19.4 Å². The van der Waals surface area contributed by atoms with Gasteiger partial charge in [0, 0.05) is 57.4 Å². The van der Waals surface area contributed by atoms with E-state index in [0.717, 1.165) is 42.9 Å². The highest BCUT2D eigenvalue weighted by Gasteiger charge is 2.57. The van der Waals surface area contributed by atoms with E-state index in [9.17, 15) is 9.59 Å². The summed E-state index contributed by atoms with van der Waals surface area (Å²) in [5.74, 6) is -0.0726. The van der Waals surface area contributed by atoms with Crippen LogP contribution < -0.4 is 0 Å². The van der Waals surface area contributed by atoms with Crippen molar-refractivity contribution in [1.82, 2.24) is 29.5 Å². The maximum absolute atomic E-state index is 13.9. The molecule has 2 aliphatic rings. The number of carbonyl (C=O) groups excluding carboxylic acids is 2. The molecule has 2 aromatic heterocycles. The first-order valence-corrected chi connectivity index (χ1v) is 12.2. The molecule has 8 heteroatoms. The van der Waals surface area contributed by atoms with E-state index in [1.165, 1.54) is 10.5 Å². The minimum atomic E-state index is -0.783. The Morgan fingerprint density at radius 2 is 1.71 bits per heavy atom. The molecule has 1 spiro atoms. The maximum atomic E-state index is 13.9. The van der Waals surface area contributed by atoms with Gasteiger partial charge in [-0.15, -0.1) is 0 Å². The number of hydrogen-bond donors (Lipinski definition) is 0. The third kappa shape index (κ3) is 4.58. The van der Waals surface area contributed by atoms with Crippen LogP contribution in [0.15, 0.2) is 61.1 Å². The molecular formula is C27H32N6O2. The largest absolute Gasteiger partial charge is 0.328 e. The summed E-state index contributed by atoms with van der Waals surface area (Å²) in [5.41, 5.74) is 3.48. The summed E-state index contributed by atoms with van der Waals surface area (Å²) in [4.78, 5) is 37.3. The van der Waals surface area contributed by atoms with Crippen LogP contribution in [-0.4, -0.2) is 66.6 Å². The third-order valence-corrected chi connectivity index (χ3v) is 7.34. The minimum absolute atomic E-state index is 0.0726. The van der Waals surface area contributed by atoms with Crippen LogP contribution in [0.25, 0.3) is 0 Å². The number of rotatable bonds is 7. The van der Waals surface area contributed by atoms with E-state index in [2.05, 4.69) is 33.3 Å². The molecular weight excluding hydrogens is 440 g/mol. The zero-order valence-corrected chi connectivity index (χ0v) is 20.4. The van der Waals surface area contributed by atoms with E-state index >= 15 is 0 Å². The number of hydrogen-bond acceptors (Lipinski definition) is 5. The number of imide groups is 1. The average molecular weight is 473 g/mol. The molecule has 2 aliphatic heterocycles. The van der Waals surface area contributed by atoms with Gasteiger partial charge < -0.3 is 4.90 Å². The number of aryl methyl sites for hydroxylation is 2. The van der Waals surface area contributed by atoms with Crippen molar-refractivity contribution in [3.05, 3.63) is 83.4 Å². The highest BCUT2D eigenvalue weighted by Crippen LogP contribution is 2.38. The van der Waals surface area contributed by atoms with Crippen molar-refractivity contribution >= 4 is 11.9 Å². The SMILES string of the molecule is Cc1nn(C)cc1CN1CCC2(CC1)C(=O)N(Cc1cccnc1)C(=O)N2CCc1ccccc1. The standard InChI is InChI=1S/C27H32N6O2/c1-21-24(19-30(2)29-21)20-31-15-11-27(12-16-31)25(34)32(18-23-9-6-13-28-17-23)26(35)33(27)14-10-22-7-4-3-5-8-22/h3-9,13,17,19H,10-12,14-16,18,20H2,1-2H3. The molecule has 4 heterocycles. The lowest BCUT2D eigenvalue weighted by Gasteiger charge is -2.42. The van der Waals surface area contributed by atoms with Gasteiger partial charge in [0.1, 0.15) is 5.54 Å². The van der Waals surface area contributed by atoms with Crippen LogP contribution in [0.2, 0.25) is 0 Å². The number of aromatic nitrogens is 3. The third-order valence-electron chi connectivity index (χ3n) is 7.34. The van der Waals surface area contributed by atoms with Gasteiger partial charge in [-0.3, -0.25) is 24.3 Å². The lowest BCUT2D eigenvalue weighted by molar-refractivity contribution is -0.136. The van der Waals surface area contributed by atoms with Gasteiger partial charge in [-0.2, -0.15) is 5.10 Å². The highest BCUT2D eigenvalue weighted by molar-refractivity contribution is 6.07. The van der Waals surface area contributed by atoms with Crippen molar-refractivity contribution < 1.29 is 9.59 Å².